The Labute approximate surface area is 104 Å². The zero-order valence-corrected chi connectivity index (χ0v) is 8.86. The molecular weight excluding hydrogens is 195 g/mol. The zero-order valence-electron chi connectivity index (χ0n) is 8.86. The van der Waals surface area contributed by atoms with E-state index in [1.807, 2.05) is 12.1 Å². The Bertz CT molecular complexity index is 644. The number of para-hydroxylation sites is 1. The summed E-state index contributed by atoms with van der Waals surface area (Å²) in [6.45, 7) is 0. The molecule has 0 fully saturated rings. The second kappa shape index (κ2) is 4.17. The van der Waals surface area contributed by atoms with Gasteiger partial charge in [-0.15, -0.1) is 24.3 Å². The molecule has 1 heterocycles. The van der Waals surface area contributed by atoms with Crippen LogP contribution in [0.5, 0.6) is 0 Å². The molecule has 72 valence electrons. The first kappa shape index (κ1) is 11.0. The first-order valence-corrected chi connectivity index (χ1v) is 4.68. The molecule has 2 aromatic carbocycles. The van der Waals surface area contributed by atoms with Crippen LogP contribution < -0.4 is 24.3 Å². The van der Waals surface area contributed by atoms with Crippen molar-refractivity contribution in [1.82, 2.24) is 0 Å². The van der Waals surface area contributed by atoms with Crippen molar-refractivity contribution in [2.75, 3.05) is 0 Å². The van der Waals surface area contributed by atoms with E-state index < -0.39 is 0 Å². The fourth-order valence-corrected chi connectivity index (χ4v) is 1.68. The molecule has 3 aromatic rings. The van der Waals surface area contributed by atoms with E-state index >= 15 is 0 Å². The van der Waals surface area contributed by atoms with Crippen molar-refractivity contribution < 1.29 is 23.3 Å². The van der Waals surface area contributed by atoms with Crippen LogP contribution in [-0.2, 0) is 0 Å². The predicted octanol–water partition coefficient (Wildman–Crippen LogP) is -0.250. The zero-order chi connectivity index (χ0) is 10.3. The molecule has 0 atom stereocenters. The average molecular weight is 202 g/mol. The topological polar surface area (TPSA) is 30.2 Å². The SMILES string of the molecule is O=c1c2[c-]cccc2oc2ccccc12.[Li+]. The van der Waals surface area contributed by atoms with Gasteiger partial charge in [0.15, 0.2) is 0 Å². The Balaban J connectivity index is 0.000000963. The van der Waals surface area contributed by atoms with Crippen LogP contribution in [0.25, 0.3) is 21.9 Å². The third-order valence-electron chi connectivity index (χ3n) is 2.40. The molecule has 1 aromatic heterocycles. The quantitative estimate of drug-likeness (QED) is 0.286. The van der Waals surface area contributed by atoms with E-state index in [1.54, 1.807) is 30.3 Å². The van der Waals surface area contributed by atoms with Gasteiger partial charge in [0.1, 0.15) is 11.0 Å². The van der Waals surface area contributed by atoms with E-state index in [0.717, 1.165) is 0 Å². The van der Waals surface area contributed by atoms with Crippen molar-refractivity contribution in [1.29, 1.82) is 0 Å². The van der Waals surface area contributed by atoms with E-state index in [1.165, 1.54) is 0 Å². The molecule has 0 unspecified atom stereocenters. The fourth-order valence-electron chi connectivity index (χ4n) is 1.68. The third-order valence-corrected chi connectivity index (χ3v) is 2.40. The van der Waals surface area contributed by atoms with E-state index in [2.05, 4.69) is 6.07 Å². The Kier molecular flexibility index (Phi) is 2.87. The normalized spacial score (nSPS) is 10.2. The van der Waals surface area contributed by atoms with E-state index in [4.69, 9.17) is 4.42 Å². The minimum atomic E-state index is -0.0209. The molecule has 3 rings (SSSR count). The molecule has 0 spiro atoms. The van der Waals surface area contributed by atoms with Crippen molar-refractivity contribution >= 4 is 21.9 Å². The standard InChI is InChI=1S/C13H7O2.Li/c14-13-9-5-1-3-7-11(9)15-12-8-4-2-6-10(12)13;/h1-5,7-8H;/q-1;+1. The van der Waals surface area contributed by atoms with E-state index in [9.17, 15) is 4.79 Å². The number of fused-ring (bicyclic) bond motifs is 2. The maximum Gasteiger partial charge on any atom is 1.00 e. The predicted molar refractivity (Wildman–Crippen MR) is 58.8 cm³/mol. The summed E-state index contributed by atoms with van der Waals surface area (Å²) >= 11 is 0. The van der Waals surface area contributed by atoms with Gasteiger partial charge in [-0.1, -0.05) is 23.6 Å². The average Bonchev–Trinajstić information content (AvgIpc) is 2.30. The number of hydrogen-bond donors (Lipinski definition) is 0. The van der Waals surface area contributed by atoms with Crippen LogP contribution in [-0.4, -0.2) is 0 Å². The molecule has 0 radical (unpaired) electrons. The van der Waals surface area contributed by atoms with Crippen LogP contribution in [0.4, 0.5) is 0 Å². The minimum absolute atomic E-state index is 0. The van der Waals surface area contributed by atoms with Crippen molar-refractivity contribution in [2.45, 2.75) is 0 Å². The van der Waals surface area contributed by atoms with Crippen LogP contribution in [0.2, 0.25) is 0 Å². The van der Waals surface area contributed by atoms with Gasteiger partial charge in [0.2, 0.25) is 0 Å². The smallest absolute Gasteiger partial charge is 0.502 e. The Morgan fingerprint density at radius 2 is 1.75 bits per heavy atom. The molecule has 0 N–H and O–H groups in total. The molecule has 16 heavy (non-hydrogen) atoms. The second-order valence-electron chi connectivity index (χ2n) is 3.34. The molecule has 0 aliphatic heterocycles. The summed E-state index contributed by atoms with van der Waals surface area (Å²) in [5.41, 5.74) is 1.18. The summed E-state index contributed by atoms with van der Waals surface area (Å²) in [4.78, 5) is 12.0. The molecule has 0 bridgehead atoms. The maximum atomic E-state index is 12.0. The van der Waals surface area contributed by atoms with Crippen molar-refractivity contribution in [3.8, 4) is 0 Å². The van der Waals surface area contributed by atoms with E-state index in [0.29, 0.717) is 21.9 Å². The molecule has 2 nitrogen and oxygen atoms in total. The van der Waals surface area contributed by atoms with Gasteiger partial charge < -0.3 is 9.21 Å². The van der Waals surface area contributed by atoms with Gasteiger partial charge in [-0.25, -0.2) is 0 Å². The third kappa shape index (κ3) is 1.57. The van der Waals surface area contributed by atoms with Gasteiger partial charge in [0.05, 0.1) is 0 Å². The fraction of sp³-hybridized carbons (Fsp3) is 0. The van der Waals surface area contributed by atoms with Gasteiger partial charge in [0, 0.05) is 11.0 Å². The first-order chi connectivity index (χ1) is 7.36. The van der Waals surface area contributed by atoms with Gasteiger partial charge in [-0.2, -0.15) is 0 Å². The molecule has 0 saturated carbocycles. The first-order valence-electron chi connectivity index (χ1n) is 4.68. The van der Waals surface area contributed by atoms with Crippen LogP contribution in [0.3, 0.4) is 0 Å². The number of benzene rings is 2. The van der Waals surface area contributed by atoms with Gasteiger partial charge in [0.25, 0.3) is 0 Å². The van der Waals surface area contributed by atoms with E-state index in [-0.39, 0.29) is 24.3 Å². The van der Waals surface area contributed by atoms with Gasteiger partial charge in [-0.3, -0.25) is 0 Å². The Morgan fingerprint density at radius 1 is 1.00 bits per heavy atom. The molecule has 3 heteroatoms. The molecule has 0 saturated heterocycles. The van der Waals surface area contributed by atoms with Gasteiger partial charge in [-0.05, 0) is 6.07 Å². The van der Waals surface area contributed by atoms with Crippen LogP contribution >= 0.6 is 0 Å². The molecular formula is C13H7LiO2. The summed E-state index contributed by atoms with van der Waals surface area (Å²) in [5.74, 6) is 0. The van der Waals surface area contributed by atoms with Crippen LogP contribution in [0, 0.1) is 6.07 Å². The summed E-state index contributed by atoms with van der Waals surface area (Å²) in [6.07, 6.45) is 0. The number of rotatable bonds is 0. The van der Waals surface area contributed by atoms with Crippen molar-refractivity contribution in [3.05, 3.63) is 58.8 Å². The molecule has 0 aliphatic carbocycles. The molecule has 0 aliphatic rings. The summed E-state index contributed by atoms with van der Waals surface area (Å²) in [7, 11) is 0. The van der Waals surface area contributed by atoms with Crippen LogP contribution in [0.1, 0.15) is 0 Å². The number of hydrogen-bond acceptors (Lipinski definition) is 2. The Hall–Kier alpha value is -1.49. The largest absolute Gasteiger partial charge is 1.00 e. The van der Waals surface area contributed by atoms with Crippen LogP contribution in [0.15, 0.2) is 51.7 Å². The van der Waals surface area contributed by atoms with Crippen molar-refractivity contribution in [2.24, 2.45) is 0 Å². The summed E-state index contributed by atoms with van der Waals surface area (Å²) < 4.78 is 5.60. The monoisotopic (exact) mass is 202 g/mol. The molecule has 0 amide bonds. The maximum absolute atomic E-state index is 12.0. The summed E-state index contributed by atoms with van der Waals surface area (Å²) in [5, 5.41) is 1.11. The van der Waals surface area contributed by atoms with Crippen molar-refractivity contribution in [3.63, 3.8) is 0 Å². The summed E-state index contributed by atoms with van der Waals surface area (Å²) in [6, 6.07) is 15.4. The second-order valence-corrected chi connectivity index (χ2v) is 3.34. The minimum Gasteiger partial charge on any atom is -0.502 e. The van der Waals surface area contributed by atoms with Gasteiger partial charge >= 0.3 is 18.9 Å². The Morgan fingerprint density at radius 3 is 2.62 bits per heavy atom.